The van der Waals surface area contributed by atoms with Gasteiger partial charge in [0.1, 0.15) is 0 Å². The monoisotopic (exact) mass is 577 g/mol. The lowest BCUT2D eigenvalue weighted by Crippen LogP contribution is -2.10. The van der Waals surface area contributed by atoms with Gasteiger partial charge in [0.15, 0.2) is 0 Å². The Balaban J connectivity index is 1.31. The molecule has 2 heteroatoms. The van der Waals surface area contributed by atoms with Crippen LogP contribution in [0.5, 0.6) is 0 Å². The molecule has 9 rings (SSSR count). The molecule has 0 saturated carbocycles. The average molecular weight is 578 g/mol. The normalized spacial score (nSPS) is 11.6. The Labute approximate surface area is 259 Å². The van der Waals surface area contributed by atoms with Crippen LogP contribution in [0.1, 0.15) is 0 Å². The zero-order valence-corrected chi connectivity index (χ0v) is 24.8. The Hall–Kier alpha value is -5.44. The van der Waals surface area contributed by atoms with E-state index in [1.165, 1.54) is 69.3 Å². The summed E-state index contributed by atoms with van der Waals surface area (Å²) in [6, 6.07) is 59.8. The molecule has 0 aliphatic rings. The van der Waals surface area contributed by atoms with E-state index in [1.807, 2.05) is 11.3 Å². The maximum absolute atomic E-state index is 2.45. The fourth-order valence-electron chi connectivity index (χ4n) is 6.80. The summed E-state index contributed by atoms with van der Waals surface area (Å²) in [6.45, 7) is 0. The van der Waals surface area contributed by atoms with Crippen LogP contribution in [0.4, 0.5) is 17.1 Å². The van der Waals surface area contributed by atoms with Gasteiger partial charge in [-0.1, -0.05) is 121 Å². The maximum atomic E-state index is 2.45. The number of thiophene rings is 1. The van der Waals surface area contributed by atoms with Crippen LogP contribution in [0.2, 0.25) is 0 Å². The highest BCUT2D eigenvalue weighted by atomic mass is 32.1. The summed E-state index contributed by atoms with van der Waals surface area (Å²) in [5.41, 5.74) is 5.92. The minimum atomic E-state index is 1.14. The second kappa shape index (κ2) is 10.1. The van der Waals surface area contributed by atoms with E-state index in [0.717, 1.165) is 11.4 Å². The molecule has 9 aromatic rings. The van der Waals surface area contributed by atoms with Crippen molar-refractivity contribution >= 4 is 80.9 Å². The van der Waals surface area contributed by atoms with Gasteiger partial charge in [-0.05, 0) is 85.9 Å². The second-order valence-electron chi connectivity index (χ2n) is 11.4. The average Bonchev–Trinajstić information content (AvgIpc) is 3.48. The first-order valence-electron chi connectivity index (χ1n) is 15.0. The predicted octanol–water partition coefficient (Wildman–Crippen LogP) is 12.7. The topological polar surface area (TPSA) is 3.24 Å². The third-order valence-electron chi connectivity index (χ3n) is 8.81. The van der Waals surface area contributed by atoms with E-state index in [2.05, 4.69) is 169 Å². The van der Waals surface area contributed by atoms with Crippen molar-refractivity contribution in [1.82, 2.24) is 0 Å². The van der Waals surface area contributed by atoms with E-state index in [9.17, 15) is 0 Å². The van der Waals surface area contributed by atoms with E-state index in [4.69, 9.17) is 0 Å². The van der Waals surface area contributed by atoms with Gasteiger partial charge in [-0.15, -0.1) is 11.3 Å². The molecule has 1 heterocycles. The first-order valence-corrected chi connectivity index (χ1v) is 15.8. The van der Waals surface area contributed by atoms with Crippen molar-refractivity contribution in [3.8, 4) is 11.1 Å². The molecule has 0 amide bonds. The fraction of sp³-hybridized carbons (Fsp3) is 0. The number of fused-ring (bicyclic) bond motifs is 7. The van der Waals surface area contributed by atoms with Gasteiger partial charge < -0.3 is 4.90 Å². The van der Waals surface area contributed by atoms with E-state index in [1.54, 1.807) is 0 Å². The van der Waals surface area contributed by atoms with Crippen LogP contribution < -0.4 is 4.90 Å². The van der Waals surface area contributed by atoms with Gasteiger partial charge in [0.05, 0.1) is 5.69 Å². The predicted molar refractivity (Wildman–Crippen MR) is 192 cm³/mol. The molecule has 0 aliphatic carbocycles. The summed E-state index contributed by atoms with van der Waals surface area (Å²) >= 11 is 1.86. The molecule has 44 heavy (non-hydrogen) atoms. The molecule has 0 atom stereocenters. The van der Waals surface area contributed by atoms with Gasteiger partial charge in [0, 0.05) is 31.5 Å². The molecule has 0 N–H and O–H groups in total. The highest BCUT2D eigenvalue weighted by Crippen LogP contribution is 2.46. The summed E-state index contributed by atoms with van der Waals surface area (Å²) in [7, 11) is 0. The van der Waals surface area contributed by atoms with Crippen molar-refractivity contribution in [2.45, 2.75) is 0 Å². The van der Waals surface area contributed by atoms with Gasteiger partial charge in [0.25, 0.3) is 0 Å². The molecule has 1 aromatic heterocycles. The van der Waals surface area contributed by atoms with Crippen molar-refractivity contribution in [2.24, 2.45) is 0 Å². The number of anilines is 3. The largest absolute Gasteiger partial charge is 0.310 e. The van der Waals surface area contributed by atoms with Crippen LogP contribution >= 0.6 is 11.3 Å². The lowest BCUT2D eigenvalue weighted by atomic mass is 9.97. The fourth-order valence-corrected chi connectivity index (χ4v) is 7.93. The molecular weight excluding hydrogens is 551 g/mol. The Kier molecular flexibility index (Phi) is 5.75. The Morgan fingerprint density at radius 3 is 1.93 bits per heavy atom. The van der Waals surface area contributed by atoms with Crippen LogP contribution in [0.15, 0.2) is 164 Å². The maximum Gasteiger partial charge on any atom is 0.0554 e. The summed E-state index contributed by atoms with van der Waals surface area (Å²) in [5, 5.41) is 10.2. The Morgan fingerprint density at radius 2 is 1.02 bits per heavy atom. The van der Waals surface area contributed by atoms with Gasteiger partial charge in [-0.25, -0.2) is 0 Å². The van der Waals surface area contributed by atoms with E-state index in [0.29, 0.717) is 0 Å². The molecule has 8 aromatic carbocycles. The zero-order valence-electron chi connectivity index (χ0n) is 23.9. The lowest BCUT2D eigenvalue weighted by molar-refractivity contribution is 1.31. The zero-order chi connectivity index (χ0) is 29.0. The third kappa shape index (κ3) is 4.00. The number of hydrogen-bond donors (Lipinski definition) is 0. The quantitative estimate of drug-likeness (QED) is 0.188. The van der Waals surface area contributed by atoms with Crippen LogP contribution in [0.3, 0.4) is 0 Å². The molecule has 0 aliphatic heterocycles. The number of rotatable bonds is 4. The Bertz CT molecular complexity index is 2520. The number of nitrogens with zero attached hydrogens (tertiary/aromatic N) is 1. The number of hydrogen-bond acceptors (Lipinski definition) is 2. The lowest BCUT2D eigenvalue weighted by Gasteiger charge is -2.27. The smallest absolute Gasteiger partial charge is 0.0554 e. The minimum absolute atomic E-state index is 1.14. The molecule has 0 bridgehead atoms. The molecule has 0 saturated heterocycles. The molecule has 1 nitrogen and oxygen atoms in total. The van der Waals surface area contributed by atoms with Crippen molar-refractivity contribution in [3.63, 3.8) is 0 Å². The molecule has 206 valence electrons. The van der Waals surface area contributed by atoms with Crippen molar-refractivity contribution < 1.29 is 0 Å². The summed E-state index contributed by atoms with van der Waals surface area (Å²) in [5.74, 6) is 0. The number of benzene rings is 8. The van der Waals surface area contributed by atoms with Gasteiger partial charge in [-0.3, -0.25) is 0 Å². The SMILES string of the molecule is c1cc(-c2cccc3ccccc23)cc(N(c2ccc3c(ccc4ccccc43)c2)c2cccc3sc4ccccc4c23)c1. The van der Waals surface area contributed by atoms with Crippen LogP contribution in [0, 0.1) is 0 Å². The van der Waals surface area contributed by atoms with Crippen molar-refractivity contribution in [1.29, 1.82) is 0 Å². The van der Waals surface area contributed by atoms with Crippen LogP contribution in [0.25, 0.3) is 63.6 Å². The molecule has 0 fully saturated rings. The van der Waals surface area contributed by atoms with E-state index >= 15 is 0 Å². The molecular formula is C42H27NS. The third-order valence-corrected chi connectivity index (χ3v) is 9.95. The molecule has 0 radical (unpaired) electrons. The van der Waals surface area contributed by atoms with Gasteiger partial charge in [-0.2, -0.15) is 0 Å². The summed E-state index contributed by atoms with van der Waals surface area (Å²) in [4.78, 5) is 2.45. The van der Waals surface area contributed by atoms with E-state index < -0.39 is 0 Å². The molecule has 0 unspecified atom stereocenters. The highest BCUT2D eigenvalue weighted by molar-refractivity contribution is 7.26. The Morgan fingerprint density at radius 1 is 0.386 bits per heavy atom. The van der Waals surface area contributed by atoms with Crippen molar-refractivity contribution in [2.75, 3.05) is 4.90 Å². The van der Waals surface area contributed by atoms with Crippen LogP contribution in [-0.4, -0.2) is 0 Å². The van der Waals surface area contributed by atoms with Gasteiger partial charge >= 0.3 is 0 Å². The highest BCUT2D eigenvalue weighted by Gasteiger charge is 2.19. The standard InChI is InChI=1S/C42H27NS/c1-3-15-34-28(10-1)12-8-18-36(34)30-13-7-14-32(26-30)43(39-19-9-21-41-42(39)38-17-5-6-20-40(38)44-41)33-24-25-37-31(27-33)23-22-29-11-2-4-16-35(29)37/h1-27H. The first-order chi connectivity index (χ1) is 21.8. The summed E-state index contributed by atoms with van der Waals surface area (Å²) in [6.07, 6.45) is 0. The van der Waals surface area contributed by atoms with Crippen molar-refractivity contribution in [3.05, 3.63) is 164 Å². The summed E-state index contributed by atoms with van der Waals surface area (Å²) < 4.78 is 2.61. The second-order valence-corrected chi connectivity index (χ2v) is 12.4. The first kappa shape index (κ1) is 25.1. The molecule has 0 spiro atoms. The minimum Gasteiger partial charge on any atom is -0.310 e. The van der Waals surface area contributed by atoms with Gasteiger partial charge in [0.2, 0.25) is 0 Å². The van der Waals surface area contributed by atoms with Crippen LogP contribution in [-0.2, 0) is 0 Å². The van der Waals surface area contributed by atoms with E-state index in [-0.39, 0.29) is 0 Å².